The lowest BCUT2D eigenvalue weighted by atomic mass is 9.96. The van der Waals surface area contributed by atoms with Crippen LogP contribution in [0.15, 0.2) is 57.5 Å². The number of aromatic nitrogens is 1. The Kier molecular flexibility index (Phi) is 9.35. The van der Waals surface area contributed by atoms with Crippen molar-refractivity contribution in [2.24, 2.45) is 4.99 Å². The summed E-state index contributed by atoms with van der Waals surface area (Å²) in [6.45, 7) is 10.2. The highest BCUT2D eigenvalue weighted by Crippen LogP contribution is 2.32. The van der Waals surface area contributed by atoms with E-state index in [1.54, 1.807) is 18.4 Å². The van der Waals surface area contributed by atoms with Gasteiger partial charge >= 0.3 is 5.97 Å². The van der Waals surface area contributed by atoms with Gasteiger partial charge in [-0.3, -0.25) is 9.36 Å². The van der Waals surface area contributed by atoms with E-state index in [2.05, 4.69) is 50.2 Å². The van der Waals surface area contributed by atoms with Crippen molar-refractivity contribution in [3.63, 3.8) is 0 Å². The number of nitrogens with zero attached hydrogens (tertiary/aromatic N) is 2. The third kappa shape index (κ3) is 6.01. The molecule has 7 nitrogen and oxygen atoms in total. The van der Waals surface area contributed by atoms with Crippen LogP contribution in [-0.4, -0.2) is 29.9 Å². The molecule has 1 aliphatic heterocycles. The van der Waals surface area contributed by atoms with Crippen molar-refractivity contribution in [3.05, 3.63) is 85.6 Å². The molecule has 0 radical (unpaired) electrons. The highest BCUT2D eigenvalue weighted by Gasteiger charge is 2.33. The van der Waals surface area contributed by atoms with E-state index in [1.807, 2.05) is 63.2 Å². The van der Waals surface area contributed by atoms with Crippen LogP contribution in [-0.2, 0) is 9.53 Å². The Bertz CT molecular complexity index is 1570. The molecule has 0 saturated heterocycles. The Hall–Kier alpha value is -2.19. The zero-order valence-electron chi connectivity index (χ0n) is 21.7. The number of rotatable bonds is 8. The maximum Gasteiger partial charge on any atom is 0.338 e. The number of benzene rings is 2. The first kappa shape index (κ1) is 28.8. The van der Waals surface area contributed by atoms with Crippen LogP contribution in [0.1, 0.15) is 51.8 Å². The van der Waals surface area contributed by atoms with Gasteiger partial charge < -0.3 is 14.2 Å². The number of ether oxygens (including phenoxy) is 3. The maximum absolute atomic E-state index is 13.9. The second-order valence-corrected chi connectivity index (χ2v) is 12.2. The van der Waals surface area contributed by atoms with Crippen molar-refractivity contribution in [1.29, 1.82) is 0 Å². The summed E-state index contributed by atoms with van der Waals surface area (Å²) in [5.41, 5.74) is 2.24. The van der Waals surface area contributed by atoms with Gasteiger partial charge in [-0.25, -0.2) is 9.79 Å². The van der Waals surface area contributed by atoms with Gasteiger partial charge in [0.15, 0.2) is 4.80 Å². The Balaban J connectivity index is 1.94. The van der Waals surface area contributed by atoms with Crippen molar-refractivity contribution >= 4 is 68.6 Å². The first-order valence-electron chi connectivity index (χ1n) is 12.2. The van der Waals surface area contributed by atoms with Crippen LogP contribution in [0.2, 0.25) is 0 Å². The molecule has 1 aliphatic rings. The second-order valence-electron chi connectivity index (χ2n) is 8.78. The summed E-state index contributed by atoms with van der Waals surface area (Å²) >= 11 is 5.81. The molecule has 0 unspecified atom stereocenters. The normalized spacial score (nSPS) is 15.4. The summed E-state index contributed by atoms with van der Waals surface area (Å²) < 4.78 is 21.2. The molecule has 0 amide bonds. The number of carbonyl (C=O) groups is 1. The van der Waals surface area contributed by atoms with E-state index in [0.29, 0.717) is 33.0 Å². The number of halogens is 2. The molecule has 0 saturated carbocycles. The predicted octanol–water partition coefficient (Wildman–Crippen LogP) is 5.19. The fraction of sp³-hybridized carbons (Fsp3) is 0.321. The topological polar surface area (TPSA) is 79.1 Å². The molecule has 2 heterocycles. The van der Waals surface area contributed by atoms with E-state index in [1.165, 1.54) is 11.3 Å². The van der Waals surface area contributed by atoms with Gasteiger partial charge in [0.05, 0.1) is 44.7 Å². The second kappa shape index (κ2) is 12.3. The van der Waals surface area contributed by atoms with Crippen LogP contribution < -0.4 is 24.4 Å². The zero-order valence-corrected chi connectivity index (χ0v) is 26.8. The van der Waals surface area contributed by atoms with Gasteiger partial charge in [0, 0.05) is 9.13 Å². The summed E-state index contributed by atoms with van der Waals surface area (Å²) in [5.74, 6) is 0.966. The zero-order chi connectivity index (χ0) is 27.6. The van der Waals surface area contributed by atoms with Gasteiger partial charge in [-0.05, 0) is 116 Å². The van der Waals surface area contributed by atoms with E-state index in [0.717, 1.165) is 24.0 Å². The molecule has 10 heteroatoms. The molecule has 1 atom stereocenters. The molecule has 2 aromatic carbocycles. The molecule has 4 rings (SSSR count). The summed E-state index contributed by atoms with van der Waals surface area (Å²) in [5, 5.41) is 0. The minimum atomic E-state index is -0.675. The van der Waals surface area contributed by atoms with Crippen LogP contribution in [0.3, 0.4) is 0 Å². The average molecular weight is 758 g/mol. The number of hydrogen-bond donors (Lipinski definition) is 0. The van der Waals surface area contributed by atoms with Gasteiger partial charge in [0.2, 0.25) is 0 Å². The molecule has 200 valence electrons. The Morgan fingerprint density at radius 2 is 1.87 bits per heavy atom. The first-order chi connectivity index (χ1) is 18.1. The van der Waals surface area contributed by atoms with Gasteiger partial charge in [-0.2, -0.15) is 0 Å². The molecular weight excluding hydrogens is 730 g/mol. The predicted molar refractivity (Wildman–Crippen MR) is 166 cm³/mol. The number of hydrogen-bond acceptors (Lipinski definition) is 7. The summed E-state index contributed by atoms with van der Waals surface area (Å²) in [7, 11) is 0. The average Bonchev–Trinajstić information content (AvgIpc) is 3.15. The smallest absolute Gasteiger partial charge is 0.338 e. The van der Waals surface area contributed by atoms with Crippen LogP contribution >= 0.6 is 56.5 Å². The minimum Gasteiger partial charge on any atom is -0.494 e. The summed E-state index contributed by atoms with van der Waals surface area (Å²) in [6.07, 6.45) is 1.83. The standard InChI is InChI=1S/C28H28I2N2O5S/c1-6-35-20-10-8-17(9-11-20)24-23(27(34)36-7-2)16(5)31-28-32(24)26(33)22(38-28)13-18-12-19(29)14-21(30)25(18)37-15(3)4/h8-15,24H,6-7H2,1-5H3/b22-13-/t24-/m0/s1. The first-order valence-corrected chi connectivity index (χ1v) is 15.2. The number of carbonyl (C=O) groups excluding carboxylic acids is 1. The SMILES string of the molecule is CCOC(=O)C1=C(C)N=c2s/c(=C\c3cc(I)cc(I)c3OC(C)C)c(=O)n2[C@H]1c1ccc(OCC)cc1. The Labute approximate surface area is 252 Å². The van der Waals surface area contributed by atoms with Crippen molar-refractivity contribution in [2.75, 3.05) is 13.2 Å². The largest absolute Gasteiger partial charge is 0.494 e. The Morgan fingerprint density at radius 1 is 1.16 bits per heavy atom. The van der Waals surface area contributed by atoms with Crippen molar-refractivity contribution in [2.45, 2.75) is 46.8 Å². The highest BCUT2D eigenvalue weighted by atomic mass is 127. The molecule has 0 bridgehead atoms. The molecular formula is C28H28I2N2O5S. The number of allylic oxidation sites excluding steroid dienone is 1. The molecule has 0 spiro atoms. The van der Waals surface area contributed by atoms with E-state index >= 15 is 0 Å². The molecule has 0 N–H and O–H groups in total. The lowest BCUT2D eigenvalue weighted by molar-refractivity contribution is -0.139. The molecule has 0 fully saturated rings. The van der Waals surface area contributed by atoms with E-state index < -0.39 is 12.0 Å². The quantitative estimate of drug-likeness (QED) is 0.234. The van der Waals surface area contributed by atoms with Gasteiger partial charge in [0.25, 0.3) is 5.56 Å². The van der Waals surface area contributed by atoms with E-state index in [-0.39, 0.29) is 18.3 Å². The van der Waals surface area contributed by atoms with E-state index in [4.69, 9.17) is 14.2 Å². The number of fused-ring (bicyclic) bond motifs is 1. The van der Waals surface area contributed by atoms with Gasteiger partial charge in [0.1, 0.15) is 11.5 Å². The lowest BCUT2D eigenvalue weighted by Crippen LogP contribution is -2.39. The van der Waals surface area contributed by atoms with Crippen molar-refractivity contribution in [1.82, 2.24) is 4.57 Å². The summed E-state index contributed by atoms with van der Waals surface area (Å²) in [4.78, 5) is 32.2. The number of thiazole rings is 1. The Morgan fingerprint density at radius 3 is 2.50 bits per heavy atom. The third-order valence-electron chi connectivity index (χ3n) is 5.70. The molecule has 0 aliphatic carbocycles. The minimum absolute atomic E-state index is 0.0219. The lowest BCUT2D eigenvalue weighted by Gasteiger charge is -2.24. The fourth-order valence-electron chi connectivity index (χ4n) is 4.21. The molecule has 38 heavy (non-hydrogen) atoms. The monoisotopic (exact) mass is 758 g/mol. The van der Waals surface area contributed by atoms with Crippen LogP contribution in [0.25, 0.3) is 6.08 Å². The van der Waals surface area contributed by atoms with Crippen molar-refractivity contribution in [3.8, 4) is 11.5 Å². The highest BCUT2D eigenvalue weighted by molar-refractivity contribution is 14.1. The molecule has 1 aromatic heterocycles. The maximum atomic E-state index is 13.9. The summed E-state index contributed by atoms with van der Waals surface area (Å²) in [6, 6.07) is 10.8. The van der Waals surface area contributed by atoms with Crippen LogP contribution in [0.5, 0.6) is 11.5 Å². The van der Waals surface area contributed by atoms with Crippen molar-refractivity contribution < 1.29 is 19.0 Å². The fourth-order valence-corrected chi connectivity index (χ4v) is 7.26. The molecule has 3 aromatic rings. The number of esters is 1. The third-order valence-corrected chi connectivity index (χ3v) is 8.11. The van der Waals surface area contributed by atoms with Crippen LogP contribution in [0, 0.1) is 7.14 Å². The van der Waals surface area contributed by atoms with E-state index in [9.17, 15) is 9.59 Å². The van der Waals surface area contributed by atoms with Gasteiger partial charge in [-0.15, -0.1) is 0 Å². The van der Waals surface area contributed by atoms with Crippen LogP contribution in [0.4, 0.5) is 0 Å². The van der Waals surface area contributed by atoms with Gasteiger partial charge in [-0.1, -0.05) is 23.5 Å².